The maximum atomic E-state index is 11.9. The molecule has 94 valence electrons. The molecule has 1 amide bonds. The monoisotopic (exact) mass is 254 g/mol. The van der Waals surface area contributed by atoms with Crippen LogP contribution in [0.4, 0.5) is 0 Å². The third kappa shape index (κ3) is 3.28. The summed E-state index contributed by atoms with van der Waals surface area (Å²) in [5.41, 5.74) is 1.08. The van der Waals surface area contributed by atoms with Crippen molar-refractivity contribution < 1.29 is 9.53 Å². The van der Waals surface area contributed by atoms with Crippen LogP contribution in [0.1, 0.15) is 5.56 Å². The number of carbonyl (C=O) groups is 1. The van der Waals surface area contributed by atoms with E-state index in [2.05, 4.69) is 10.2 Å². The molecule has 0 radical (unpaired) electrons. The van der Waals surface area contributed by atoms with Crippen LogP contribution in [0.25, 0.3) is 0 Å². The Morgan fingerprint density at radius 1 is 1.65 bits per heavy atom. The lowest BCUT2D eigenvalue weighted by Crippen LogP contribution is -2.44. The molecular formula is C12H18N2O2S. The zero-order valence-electron chi connectivity index (χ0n) is 10.2. The van der Waals surface area contributed by atoms with Gasteiger partial charge in [0.05, 0.1) is 18.6 Å². The highest BCUT2D eigenvalue weighted by molar-refractivity contribution is 7.07. The van der Waals surface area contributed by atoms with Gasteiger partial charge in [-0.1, -0.05) is 0 Å². The van der Waals surface area contributed by atoms with Gasteiger partial charge in [-0.3, -0.25) is 4.79 Å². The van der Waals surface area contributed by atoms with Crippen LogP contribution in [0.3, 0.4) is 0 Å². The largest absolute Gasteiger partial charge is 0.378 e. The van der Waals surface area contributed by atoms with E-state index in [1.807, 2.05) is 23.9 Å². The Morgan fingerprint density at radius 3 is 3.12 bits per heavy atom. The number of thiophene rings is 1. The first kappa shape index (κ1) is 12.5. The summed E-state index contributed by atoms with van der Waals surface area (Å²) in [5, 5.41) is 7.05. The van der Waals surface area contributed by atoms with Gasteiger partial charge in [0.15, 0.2) is 0 Å². The summed E-state index contributed by atoms with van der Waals surface area (Å²) in [6, 6.07) is 2.09. The van der Waals surface area contributed by atoms with Crippen molar-refractivity contribution >= 4 is 17.2 Å². The lowest BCUT2D eigenvalue weighted by molar-refractivity contribution is -0.121. The van der Waals surface area contributed by atoms with Gasteiger partial charge in [-0.25, -0.2) is 0 Å². The quantitative estimate of drug-likeness (QED) is 0.861. The fourth-order valence-electron chi connectivity index (χ4n) is 2.18. The molecule has 1 aliphatic heterocycles. The van der Waals surface area contributed by atoms with Gasteiger partial charge in [-0.15, -0.1) is 0 Å². The first-order chi connectivity index (χ1) is 8.19. The van der Waals surface area contributed by atoms with Crippen molar-refractivity contribution in [2.75, 3.05) is 27.2 Å². The molecule has 1 aromatic heterocycles. The second-order valence-corrected chi connectivity index (χ2v) is 5.26. The Labute approximate surface area is 106 Å². The maximum absolute atomic E-state index is 11.9. The first-order valence-corrected chi connectivity index (χ1v) is 6.65. The predicted molar refractivity (Wildman–Crippen MR) is 68.2 cm³/mol. The molecule has 1 aliphatic rings. The number of amides is 1. The Bertz CT molecular complexity index is 367. The Kier molecular flexibility index (Phi) is 4.15. The third-order valence-corrected chi connectivity index (χ3v) is 3.77. The zero-order chi connectivity index (χ0) is 12.3. The number of likely N-dealkylation sites (N-methyl/N-ethyl adjacent to an activating group) is 1. The fourth-order valence-corrected chi connectivity index (χ4v) is 2.84. The van der Waals surface area contributed by atoms with Crippen molar-refractivity contribution in [1.29, 1.82) is 0 Å². The van der Waals surface area contributed by atoms with Gasteiger partial charge >= 0.3 is 0 Å². The molecule has 4 nitrogen and oxygen atoms in total. The molecule has 0 unspecified atom stereocenters. The molecule has 5 heteroatoms. The summed E-state index contributed by atoms with van der Waals surface area (Å²) >= 11 is 1.62. The van der Waals surface area contributed by atoms with Gasteiger partial charge in [0, 0.05) is 20.2 Å². The Hall–Kier alpha value is -0.910. The standard InChI is InChI=1S/C12H18N2O2S/c1-14-6-10(11(7-14)16-2)13-12(15)5-9-3-4-17-8-9/h3-4,8,10-11H,5-7H2,1-2H3,(H,13,15)/t10-,11-/m1/s1. The maximum Gasteiger partial charge on any atom is 0.224 e. The SMILES string of the molecule is CO[C@@H]1CN(C)C[C@H]1NC(=O)Cc1ccsc1. The number of rotatable bonds is 4. The molecule has 2 rings (SSSR count). The van der Waals surface area contributed by atoms with Crippen molar-refractivity contribution in [3.63, 3.8) is 0 Å². The minimum absolute atomic E-state index is 0.0748. The molecule has 1 fully saturated rings. The third-order valence-electron chi connectivity index (χ3n) is 3.04. The van der Waals surface area contributed by atoms with Crippen LogP contribution >= 0.6 is 11.3 Å². The molecule has 0 aliphatic carbocycles. The van der Waals surface area contributed by atoms with Gasteiger partial charge in [0.1, 0.15) is 0 Å². The number of nitrogens with zero attached hydrogens (tertiary/aromatic N) is 1. The molecule has 2 atom stereocenters. The smallest absolute Gasteiger partial charge is 0.224 e. The van der Waals surface area contributed by atoms with Crippen LogP contribution < -0.4 is 5.32 Å². The predicted octanol–water partition coefficient (Wildman–Crippen LogP) is 0.736. The fraction of sp³-hybridized carbons (Fsp3) is 0.583. The van der Waals surface area contributed by atoms with Crippen LogP contribution in [0, 0.1) is 0 Å². The molecule has 0 aromatic carbocycles. The normalized spacial score (nSPS) is 25.1. The Morgan fingerprint density at radius 2 is 2.47 bits per heavy atom. The molecule has 1 N–H and O–H groups in total. The average molecular weight is 254 g/mol. The minimum Gasteiger partial charge on any atom is -0.378 e. The van der Waals surface area contributed by atoms with Crippen molar-refractivity contribution in [3.8, 4) is 0 Å². The van der Waals surface area contributed by atoms with Gasteiger partial charge < -0.3 is 15.0 Å². The number of nitrogens with one attached hydrogen (secondary N) is 1. The summed E-state index contributed by atoms with van der Waals surface area (Å²) < 4.78 is 5.38. The average Bonchev–Trinajstić information content (AvgIpc) is 2.88. The number of ether oxygens (including phenoxy) is 1. The van der Waals surface area contributed by atoms with E-state index in [0.29, 0.717) is 6.42 Å². The van der Waals surface area contributed by atoms with E-state index in [1.165, 1.54) is 0 Å². The minimum atomic E-state index is 0.0748. The molecule has 2 heterocycles. The van der Waals surface area contributed by atoms with Crippen molar-refractivity contribution in [2.45, 2.75) is 18.6 Å². The molecule has 17 heavy (non-hydrogen) atoms. The highest BCUT2D eigenvalue weighted by Crippen LogP contribution is 2.12. The van der Waals surface area contributed by atoms with E-state index in [1.54, 1.807) is 18.4 Å². The molecule has 0 spiro atoms. The molecule has 0 bridgehead atoms. The van der Waals surface area contributed by atoms with Gasteiger partial charge in [-0.05, 0) is 29.4 Å². The zero-order valence-corrected chi connectivity index (χ0v) is 11.0. The van der Waals surface area contributed by atoms with E-state index in [9.17, 15) is 4.79 Å². The summed E-state index contributed by atoms with van der Waals surface area (Å²) in [5.74, 6) is 0.0748. The first-order valence-electron chi connectivity index (χ1n) is 5.71. The number of hydrogen-bond donors (Lipinski definition) is 1. The lowest BCUT2D eigenvalue weighted by Gasteiger charge is -2.18. The molecular weight excluding hydrogens is 236 g/mol. The Balaban J connectivity index is 1.86. The van der Waals surface area contributed by atoms with Crippen LogP contribution in [0.2, 0.25) is 0 Å². The van der Waals surface area contributed by atoms with Gasteiger partial charge in [0.2, 0.25) is 5.91 Å². The molecule has 0 saturated carbocycles. The second kappa shape index (κ2) is 5.62. The topological polar surface area (TPSA) is 41.6 Å². The van der Waals surface area contributed by atoms with E-state index in [4.69, 9.17) is 4.74 Å². The van der Waals surface area contributed by atoms with Crippen LogP contribution in [-0.2, 0) is 16.0 Å². The van der Waals surface area contributed by atoms with Crippen molar-refractivity contribution in [2.24, 2.45) is 0 Å². The number of methoxy groups -OCH3 is 1. The van der Waals surface area contributed by atoms with Crippen LogP contribution in [0.15, 0.2) is 16.8 Å². The van der Waals surface area contributed by atoms with Crippen LogP contribution in [0.5, 0.6) is 0 Å². The molecule has 1 aromatic rings. The van der Waals surface area contributed by atoms with Gasteiger partial charge in [-0.2, -0.15) is 11.3 Å². The van der Waals surface area contributed by atoms with Crippen LogP contribution in [-0.4, -0.2) is 50.2 Å². The van der Waals surface area contributed by atoms with E-state index in [0.717, 1.165) is 18.7 Å². The summed E-state index contributed by atoms with van der Waals surface area (Å²) in [6.07, 6.45) is 0.562. The van der Waals surface area contributed by atoms with Gasteiger partial charge in [0.25, 0.3) is 0 Å². The summed E-state index contributed by atoms with van der Waals surface area (Å²) in [4.78, 5) is 14.0. The lowest BCUT2D eigenvalue weighted by atomic mass is 10.2. The van der Waals surface area contributed by atoms with E-state index < -0.39 is 0 Å². The number of hydrogen-bond acceptors (Lipinski definition) is 4. The van der Waals surface area contributed by atoms with Crippen molar-refractivity contribution in [1.82, 2.24) is 10.2 Å². The number of likely N-dealkylation sites (tertiary alicyclic amines) is 1. The highest BCUT2D eigenvalue weighted by Gasteiger charge is 2.31. The summed E-state index contributed by atoms with van der Waals surface area (Å²) in [6.45, 7) is 1.73. The summed E-state index contributed by atoms with van der Waals surface area (Å²) in [7, 11) is 3.74. The van der Waals surface area contributed by atoms with Crippen molar-refractivity contribution in [3.05, 3.63) is 22.4 Å². The molecule has 1 saturated heterocycles. The van der Waals surface area contributed by atoms with E-state index in [-0.39, 0.29) is 18.1 Å². The second-order valence-electron chi connectivity index (χ2n) is 4.48. The highest BCUT2D eigenvalue weighted by atomic mass is 32.1. The number of carbonyl (C=O) groups excluding carboxylic acids is 1. The van der Waals surface area contributed by atoms with E-state index >= 15 is 0 Å².